The van der Waals surface area contributed by atoms with E-state index in [4.69, 9.17) is 29.4 Å². The second kappa shape index (κ2) is 16.3. The van der Waals surface area contributed by atoms with Crippen LogP contribution in [0.3, 0.4) is 0 Å². The van der Waals surface area contributed by atoms with E-state index < -0.39 is 0 Å². The molecule has 0 atom stereocenters. The Hall–Kier alpha value is -1.12. The van der Waals surface area contributed by atoms with Crippen LogP contribution in [0, 0.1) is 0 Å². The van der Waals surface area contributed by atoms with Gasteiger partial charge in [0.25, 0.3) is 0 Å². The monoisotopic (exact) mass is 318 g/mol. The van der Waals surface area contributed by atoms with E-state index in [1.54, 1.807) is 0 Å². The van der Waals surface area contributed by atoms with E-state index in [9.17, 15) is 0 Å². The van der Waals surface area contributed by atoms with Gasteiger partial charge >= 0.3 is 0 Å². The SMILES string of the molecule is C=C(N)COCCOCCOCCOCCOCC(=C)NC. The van der Waals surface area contributed by atoms with Crippen LogP contribution in [0.5, 0.6) is 0 Å². The van der Waals surface area contributed by atoms with Crippen LogP contribution < -0.4 is 11.1 Å². The average Bonchev–Trinajstić information content (AvgIpc) is 2.50. The van der Waals surface area contributed by atoms with Crippen LogP contribution in [-0.2, 0) is 23.7 Å². The van der Waals surface area contributed by atoms with Crippen molar-refractivity contribution in [3.05, 3.63) is 24.6 Å². The van der Waals surface area contributed by atoms with Crippen molar-refractivity contribution in [3.8, 4) is 0 Å². The van der Waals surface area contributed by atoms with Gasteiger partial charge in [-0.3, -0.25) is 0 Å². The molecule has 22 heavy (non-hydrogen) atoms. The van der Waals surface area contributed by atoms with Gasteiger partial charge in [0, 0.05) is 18.4 Å². The molecule has 130 valence electrons. The summed E-state index contributed by atoms with van der Waals surface area (Å²) in [6.45, 7) is 12.4. The summed E-state index contributed by atoms with van der Waals surface area (Å²) in [4.78, 5) is 0. The number of nitrogens with one attached hydrogen (secondary N) is 1. The molecule has 0 amide bonds. The third-order valence-electron chi connectivity index (χ3n) is 2.41. The first-order valence-corrected chi connectivity index (χ1v) is 7.34. The quantitative estimate of drug-likeness (QED) is 0.373. The molecule has 0 rings (SSSR count). The first-order chi connectivity index (χ1) is 10.7. The van der Waals surface area contributed by atoms with Crippen LogP contribution in [0.1, 0.15) is 0 Å². The smallest absolute Gasteiger partial charge is 0.0857 e. The van der Waals surface area contributed by atoms with Gasteiger partial charge in [-0.2, -0.15) is 0 Å². The number of rotatable bonds is 17. The molecule has 0 aromatic rings. The van der Waals surface area contributed by atoms with Gasteiger partial charge < -0.3 is 34.7 Å². The van der Waals surface area contributed by atoms with Crippen LogP contribution in [-0.4, -0.2) is 73.1 Å². The van der Waals surface area contributed by atoms with E-state index in [1.807, 2.05) is 7.05 Å². The average molecular weight is 318 g/mol. The first-order valence-electron chi connectivity index (χ1n) is 7.34. The molecule has 0 aromatic heterocycles. The van der Waals surface area contributed by atoms with Gasteiger partial charge in [-0.1, -0.05) is 13.2 Å². The van der Waals surface area contributed by atoms with Crippen molar-refractivity contribution in [2.24, 2.45) is 5.73 Å². The number of ether oxygens (including phenoxy) is 5. The summed E-state index contributed by atoms with van der Waals surface area (Å²) in [5.74, 6) is 0. The van der Waals surface area contributed by atoms with Crippen LogP contribution in [0.25, 0.3) is 0 Å². The lowest BCUT2D eigenvalue weighted by atomic mass is 10.5. The summed E-state index contributed by atoms with van der Waals surface area (Å²) >= 11 is 0. The molecular weight excluding hydrogens is 288 g/mol. The summed E-state index contributed by atoms with van der Waals surface area (Å²) < 4.78 is 26.5. The Labute approximate surface area is 133 Å². The minimum absolute atomic E-state index is 0.365. The second-order valence-corrected chi connectivity index (χ2v) is 4.45. The van der Waals surface area contributed by atoms with Crippen molar-refractivity contribution in [2.75, 3.05) is 73.1 Å². The molecule has 3 N–H and O–H groups in total. The molecule has 0 saturated heterocycles. The summed E-state index contributed by atoms with van der Waals surface area (Å²) in [6, 6.07) is 0. The Bertz CT molecular complexity index is 287. The molecule has 0 radical (unpaired) electrons. The molecule has 7 nitrogen and oxygen atoms in total. The maximum absolute atomic E-state index is 5.35. The number of hydrogen-bond donors (Lipinski definition) is 2. The lowest BCUT2D eigenvalue weighted by molar-refractivity contribution is -0.00841. The van der Waals surface area contributed by atoms with Crippen molar-refractivity contribution in [1.82, 2.24) is 5.32 Å². The molecular formula is C15H30N2O5. The lowest BCUT2D eigenvalue weighted by Gasteiger charge is -2.08. The van der Waals surface area contributed by atoms with Crippen LogP contribution in [0.2, 0.25) is 0 Å². The first kappa shape index (κ1) is 20.9. The standard InChI is InChI=1S/C15H30N2O5/c1-14(16)12-21-10-8-19-6-4-18-5-7-20-9-11-22-13-15(2)17-3/h17H,1-2,4-13,16H2,3H3. The summed E-state index contributed by atoms with van der Waals surface area (Å²) in [5, 5.41) is 2.91. The maximum Gasteiger partial charge on any atom is 0.0857 e. The van der Waals surface area contributed by atoms with Crippen molar-refractivity contribution in [3.63, 3.8) is 0 Å². The largest absolute Gasteiger partial charge is 0.401 e. The maximum atomic E-state index is 5.35. The van der Waals surface area contributed by atoms with Crippen molar-refractivity contribution in [1.29, 1.82) is 0 Å². The highest BCUT2D eigenvalue weighted by Gasteiger charge is 1.94. The number of likely N-dealkylation sites (N-methyl/N-ethyl adjacent to an activating group) is 1. The third-order valence-corrected chi connectivity index (χ3v) is 2.41. The molecule has 0 bridgehead atoms. The molecule has 0 aliphatic carbocycles. The Kier molecular flexibility index (Phi) is 15.4. The molecule has 0 heterocycles. The predicted octanol–water partition coefficient (Wildman–Crippen LogP) is 0.275. The van der Waals surface area contributed by atoms with Gasteiger partial charge in [-0.05, 0) is 0 Å². The lowest BCUT2D eigenvalue weighted by Crippen LogP contribution is -2.15. The highest BCUT2D eigenvalue weighted by atomic mass is 16.6. The van der Waals surface area contributed by atoms with Crippen molar-refractivity contribution < 1.29 is 23.7 Å². The van der Waals surface area contributed by atoms with Gasteiger partial charge in [0.15, 0.2) is 0 Å². The zero-order valence-corrected chi connectivity index (χ0v) is 13.6. The van der Waals surface area contributed by atoms with Crippen LogP contribution >= 0.6 is 0 Å². The van der Waals surface area contributed by atoms with E-state index in [-0.39, 0.29) is 0 Å². The Morgan fingerprint density at radius 1 is 0.727 bits per heavy atom. The number of nitrogens with two attached hydrogens (primary N) is 1. The minimum Gasteiger partial charge on any atom is -0.401 e. The van der Waals surface area contributed by atoms with E-state index >= 15 is 0 Å². The van der Waals surface area contributed by atoms with E-state index in [1.165, 1.54) is 0 Å². The topological polar surface area (TPSA) is 84.2 Å². The van der Waals surface area contributed by atoms with Gasteiger partial charge in [0.2, 0.25) is 0 Å². The minimum atomic E-state index is 0.365. The Morgan fingerprint density at radius 3 is 1.45 bits per heavy atom. The fraction of sp³-hybridized carbons (Fsp3) is 0.733. The van der Waals surface area contributed by atoms with Crippen LogP contribution in [0.15, 0.2) is 24.6 Å². The van der Waals surface area contributed by atoms with Crippen molar-refractivity contribution >= 4 is 0 Å². The van der Waals surface area contributed by atoms with E-state index in [0.717, 1.165) is 5.70 Å². The highest BCUT2D eigenvalue weighted by Crippen LogP contribution is 1.87. The molecule has 7 heteroatoms. The molecule has 0 spiro atoms. The fourth-order valence-electron chi connectivity index (χ4n) is 1.25. The predicted molar refractivity (Wildman–Crippen MR) is 85.6 cm³/mol. The zero-order chi connectivity index (χ0) is 16.5. The van der Waals surface area contributed by atoms with Gasteiger partial charge in [-0.15, -0.1) is 0 Å². The number of hydrogen-bond acceptors (Lipinski definition) is 7. The van der Waals surface area contributed by atoms with Gasteiger partial charge in [0.05, 0.1) is 66.1 Å². The third kappa shape index (κ3) is 16.9. The summed E-state index contributed by atoms with van der Waals surface area (Å²) in [6.07, 6.45) is 0. The molecule has 0 aliphatic heterocycles. The summed E-state index contributed by atoms with van der Waals surface area (Å²) in [5.41, 5.74) is 6.72. The van der Waals surface area contributed by atoms with Crippen molar-refractivity contribution in [2.45, 2.75) is 0 Å². The van der Waals surface area contributed by atoms with Crippen LogP contribution in [0.4, 0.5) is 0 Å². The van der Waals surface area contributed by atoms with Gasteiger partial charge in [-0.25, -0.2) is 0 Å². The molecule has 0 aliphatic rings. The van der Waals surface area contributed by atoms with Gasteiger partial charge in [0.1, 0.15) is 0 Å². The zero-order valence-electron chi connectivity index (χ0n) is 13.6. The fourth-order valence-corrected chi connectivity index (χ4v) is 1.25. The molecule has 0 aromatic carbocycles. The normalized spacial score (nSPS) is 10.6. The highest BCUT2D eigenvalue weighted by molar-refractivity contribution is 4.88. The Balaban J connectivity index is 3.02. The second-order valence-electron chi connectivity index (χ2n) is 4.45. The molecule has 0 saturated carbocycles. The Morgan fingerprint density at radius 2 is 1.09 bits per heavy atom. The molecule has 0 fully saturated rings. The summed E-state index contributed by atoms with van der Waals surface area (Å²) in [7, 11) is 1.81. The van der Waals surface area contributed by atoms with E-state index in [0.29, 0.717) is 71.8 Å². The molecule has 0 unspecified atom stereocenters. The van der Waals surface area contributed by atoms with E-state index in [2.05, 4.69) is 18.5 Å².